The lowest BCUT2D eigenvalue weighted by Crippen LogP contribution is -2.47. The van der Waals surface area contributed by atoms with E-state index in [4.69, 9.17) is 30.5 Å². The van der Waals surface area contributed by atoms with Crippen molar-refractivity contribution in [1.82, 2.24) is 24.8 Å². The fourth-order valence-corrected chi connectivity index (χ4v) is 4.87. The number of benzene rings is 1. The van der Waals surface area contributed by atoms with Gasteiger partial charge in [-0.1, -0.05) is 11.6 Å². The first-order valence-electron chi connectivity index (χ1n) is 13.1. The highest BCUT2D eigenvalue weighted by Gasteiger charge is 2.21. The molecule has 12 heteroatoms. The Labute approximate surface area is 232 Å². The molecule has 3 aromatic rings. The third-order valence-corrected chi connectivity index (χ3v) is 7.20. The van der Waals surface area contributed by atoms with Gasteiger partial charge in [0, 0.05) is 63.8 Å². The van der Waals surface area contributed by atoms with Crippen molar-refractivity contribution in [2.24, 2.45) is 0 Å². The lowest BCUT2D eigenvalue weighted by atomic mass is 10.1. The van der Waals surface area contributed by atoms with Crippen molar-refractivity contribution < 1.29 is 23.7 Å². The van der Waals surface area contributed by atoms with Crippen molar-refractivity contribution in [3.8, 4) is 17.4 Å². The normalized spacial score (nSPS) is 17.2. The van der Waals surface area contributed by atoms with Crippen molar-refractivity contribution in [3.05, 3.63) is 35.7 Å². The highest BCUT2D eigenvalue weighted by atomic mass is 35.5. The Morgan fingerprint density at radius 1 is 1.10 bits per heavy atom. The lowest BCUT2D eigenvalue weighted by Gasteiger charge is -2.33. The molecular weight excluding hydrogens is 524 g/mol. The zero-order valence-electron chi connectivity index (χ0n) is 22.0. The summed E-state index contributed by atoms with van der Waals surface area (Å²) in [6.45, 7) is 6.74. The lowest BCUT2D eigenvalue weighted by molar-refractivity contribution is -0.109. The molecule has 2 aromatic heterocycles. The number of carbonyl (C=O) groups is 1. The Morgan fingerprint density at radius 3 is 2.67 bits per heavy atom. The van der Waals surface area contributed by atoms with E-state index in [1.807, 2.05) is 12.1 Å². The minimum atomic E-state index is 0.0116. The molecule has 2 saturated heterocycles. The van der Waals surface area contributed by atoms with E-state index in [1.54, 1.807) is 13.2 Å². The number of nitrogens with one attached hydrogen (secondary N) is 1. The number of carbonyl (C=O) groups excluding carboxylic acids is 1. The van der Waals surface area contributed by atoms with Gasteiger partial charge in [-0.3, -0.25) is 9.80 Å². The number of pyridine rings is 1. The topological polar surface area (TPSA) is 111 Å². The first-order chi connectivity index (χ1) is 19.1. The Kier molecular flexibility index (Phi) is 9.25. The number of rotatable bonds is 11. The standard InChI is InChI=1S/C27H33ClN6O5/c1-36-25-16-22(21(28)17-29-25)32-27-26-23(30-18-31-27)14-20(15-24(26)39-19-2-11-37-12-3-19)38-13-9-34-6-4-33(5-7-34)8-10-35/h10,14-19H,2-9,11-13H2,1H3,(H,29,30,31,32). The smallest absolute Gasteiger partial charge is 0.215 e. The molecule has 0 radical (unpaired) electrons. The number of ether oxygens (including phenoxy) is 4. The molecule has 2 aliphatic heterocycles. The van der Waals surface area contributed by atoms with Gasteiger partial charge >= 0.3 is 0 Å². The van der Waals surface area contributed by atoms with Crippen LogP contribution >= 0.6 is 11.6 Å². The highest BCUT2D eigenvalue weighted by molar-refractivity contribution is 6.33. The van der Waals surface area contributed by atoms with Gasteiger partial charge in [0.25, 0.3) is 0 Å². The summed E-state index contributed by atoms with van der Waals surface area (Å²) < 4.78 is 23.5. The van der Waals surface area contributed by atoms with Gasteiger partial charge < -0.3 is 29.1 Å². The van der Waals surface area contributed by atoms with Crippen LogP contribution in [0.25, 0.3) is 10.9 Å². The molecule has 0 aliphatic carbocycles. The molecule has 0 saturated carbocycles. The molecule has 0 atom stereocenters. The van der Waals surface area contributed by atoms with E-state index in [1.165, 1.54) is 12.5 Å². The zero-order valence-corrected chi connectivity index (χ0v) is 22.7. The molecular formula is C27H33ClN6O5. The molecule has 0 unspecified atom stereocenters. The van der Waals surface area contributed by atoms with E-state index in [9.17, 15) is 4.79 Å². The quantitative estimate of drug-likeness (QED) is 0.351. The van der Waals surface area contributed by atoms with Crippen molar-refractivity contribution in [2.75, 3.05) is 71.5 Å². The van der Waals surface area contributed by atoms with E-state index in [2.05, 4.69) is 30.1 Å². The molecule has 4 heterocycles. The Morgan fingerprint density at radius 2 is 1.90 bits per heavy atom. The fourth-order valence-electron chi connectivity index (χ4n) is 4.72. The fraction of sp³-hybridized carbons (Fsp3) is 0.481. The minimum absolute atomic E-state index is 0.0116. The van der Waals surface area contributed by atoms with Crippen LogP contribution in [0.15, 0.2) is 30.7 Å². The second-order valence-electron chi connectivity index (χ2n) is 9.46. The number of methoxy groups -OCH3 is 1. The predicted molar refractivity (Wildman–Crippen MR) is 148 cm³/mol. The number of aromatic nitrogens is 3. The van der Waals surface area contributed by atoms with Gasteiger partial charge in [0.1, 0.15) is 42.6 Å². The van der Waals surface area contributed by atoms with Crippen LogP contribution in [0.4, 0.5) is 11.5 Å². The molecule has 39 heavy (non-hydrogen) atoms. The second-order valence-corrected chi connectivity index (χ2v) is 9.86. The minimum Gasteiger partial charge on any atom is -0.492 e. The second kappa shape index (κ2) is 13.2. The molecule has 0 spiro atoms. The number of fused-ring (bicyclic) bond motifs is 1. The average Bonchev–Trinajstić information content (AvgIpc) is 2.96. The molecule has 11 nitrogen and oxygen atoms in total. The third kappa shape index (κ3) is 7.04. The van der Waals surface area contributed by atoms with E-state index in [-0.39, 0.29) is 6.10 Å². The van der Waals surface area contributed by atoms with Crippen LogP contribution in [-0.4, -0.2) is 103 Å². The summed E-state index contributed by atoms with van der Waals surface area (Å²) >= 11 is 6.41. The summed E-state index contributed by atoms with van der Waals surface area (Å²) in [4.78, 5) is 28.4. The Hall–Kier alpha value is -3.25. The summed E-state index contributed by atoms with van der Waals surface area (Å²) in [5, 5.41) is 4.47. The first-order valence-corrected chi connectivity index (χ1v) is 13.5. The summed E-state index contributed by atoms with van der Waals surface area (Å²) in [5.41, 5.74) is 1.29. The largest absolute Gasteiger partial charge is 0.492 e. The van der Waals surface area contributed by atoms with Gasteiger partial charge in [-0.25, -0.2) is 15.0 Å². The number of halogens is 1. The maximum absolute atomic E-state index is 10.8. The molecule has 1 aromatic carbocycles. The van der Waals surface area contributed by atoms with Crippen LogP contribution in [0, 0.1) is 0 Å². The van der Waals surface area contributed by atoms with Gasteiger partial charge in [-0.05, 0) is 0 Å². The maximum Gasteiger partial charge on any atom is 0.215 e. The van der Waals surface area contributed by atoms with E-state index in [0.717, 1.165) is 57.2 Å². The Balaban J connectivity index is 1.37. The van der Waals surface area contributed by atoms with Crippen molar-refractivity contribution in [1.29, 1.82) is 0 Å². The van der Waals surface area contributed by atoms with E-state index >= 15 is 0 Å². The molecule has 0 bridgehead atoms. The number of hydrogen-bond acceptors (Lipinski definition) is 11. The number of piperazine rings is 1. The van der Waals surface area contributed by atoms with Crippen molar-refractivity contribution in [2.45, 2.75) is 18.9 Å². The zero-order chi connectivity index (χ0) is 27.0. The molecule has 5 rings (SSSR count). The highest BCUT2D eigenvalue weighted by Crippen LogP contribution is 2.38. The predicted octanol–water partition coefficient (Wildman–Crippen LogP) is 3.18. The van der Waals surface area contributed by atoms with Crippen molar-refractivity contribution in [3.63, 3.8) is 0 Å². The van der Waals surface area contributed by atoms with E-state index in [0.29, 0.717) is 65.8 Å². The first kappa shape index (κ1) is 27.3. The summed E-state index contributed by atoms with van der Waals surface area (Å²) in [6, 6.07) is 5.52. The van der Waals surface area contributed by atoms with Crippen LogP contribution < -0.4 is 19.5 Å². The number of nitrogens with zero attached hydrogens (tertiary/aromatic N) is 5. The van der Waals surface area contributed by atoms with Gasteiger partial charge in [0.2, 0.25) is 5.88 Å². The SMILES string of the molecule is COc1cc(Nc2ncnc3cc(OCCN4CCN(CC=O)CC4)cc(OC4CCOCC4)c23)c(Cl)cn1. The summed E-state index contributed by atoms with van der Waals surface area (Å²) in [5.74, 6) is 2.30. The van der Waals surface area contributed by atoms with Crippen LogP contribution in [0.3, 0.4) is 0 Å². The number of hydrogen-bond donors (Lipinski definition) is 1. The van der Waals surface area contributed by atoms with E-state index < -0.39 is 0 Å². The molecule has 208 valence electrons. The maximum atomic E-state index is 10.8. The molecule has 0 amide bonds. The van der Waals surface area contributed by atoms with Gasteiger partial charge in [0.05, 0.1) is 54.7 Å². The van der Waals surface area contributed by atoms with Gasteiger partial charge in [-0.15, -0.1) is 0 Å². The average molecular weight is 557 g/mol. The van der Waals surface area contributed by atoms with Crippen LogP contribution in [-0.2, 0) is 9.53 Å². The monoisotopic (exact) mass is 556 g/mol. The summed E-state index contributed by atoms with van der Waals surface area (Å²) in [6.07, 6.45) is 5.60. The molecule has 1 N–H and O–H groups in total. The van der Waals surface area contributed by atoms with Crippen molar-refractivity contribution >= 4 is 40.3 Å². The third-order valence-electron chi connectivity index (χ3n) is 6.90. The number of anilines is 2. The van der Waals surface area contributed by atoms with Crippen LogP contribution in [0.5, 0.6) is 17.4 Å². The van der Waals surface area contributed by atoms with Gasteiger partial charge in [0.15, 0.2) is 0 Å². The number of aldehydes is 1. The molecule has 2 aliphatic rings. The summed E-state index contributed by atoms with van der Waals surface area (Å²) in [7, 11) is 1.55. The van der Waals surface area contributed by atoms with Gasteiger partial charge in [-0.2, -0.15) is 0 Å². The van der Waals surface area contributed by atoms with Crippen LogP contribution in [0.2, 0.25) is 5.02 Å². The van der Waals surface area contributed by atoms with Crippen LogP contribution in [0.1, 0.15) is 12.8 Å². The Bertz CT molecular complexity index is 1270. The molecule has 2 fully saturated rings.